The molecule has 0 radical (unpaired) electrons. The van der Waals surface area contributed by atoms with Gasteiger partial charge in [-0.3, -0.25) is 0 Å². The number of nitrogens with zero attached hydrogens (tertiary/aromatic N) is 2. The average molecular weight is 600 g/mol. The third-order valence-electron chi connectivity index (χ3n) is 7.39. The van der Waals surface area contributed by atoms with Crippen LogP contribution in [0.2, 0.25) is 5.04 Å². The average Bonchev–Trinajstić information content (AvgIpc) is 3.44. The maximum absolute atomic E-state index is 12.7. The van der Waals surface area contributed by atoms with Crippen LogP contribution in [0.15, 0.2) is 89.3 Å². The molecule has 4 aromatic rings. The number of amides is 1. The van der Waals surface area contributed by atoms with Gasteiger partial charge in [0.1, 0.15) is 11.6 Å². The molecule has 1 amide bonds. The number of aromatic nitrogens is 2. The van der Waals surface area contributed by atoms with Crippen molar-refractivity contribution >= 4 is 24.8 Å². The SMILES string of the molecule is CCc1ccc(CC(NC(=O)OC(C)(C)C)c2nnc(CCO[Si](c3ccccc3)(c3ccccc3)C(C)(C)C)o2)cc1. The van der Waals surface area contributed by atoms with E-state index in [0.29, 0.717) is 31.2 Å². The molecule has 7 nitrogen and oxygen atoms in total. The van der Waals surface area contributed by atoms with Crippen LogP contribution < -0.4 is 15.7 Å². The van der Waals surface area contributed by atoms with Gasteiger partial charge < -0.3 is 18.9 Å². The van der Waals surface area contributed by atoms with E-state index in [1.165, 1.54) is 15.9 Å². The molecule has 1 atom stereocenters. The second kappa shape index (κ2) is 13.7. The summed E-state index contributed by atoms with van der Waals surface area (Å²) in [5.74, 6) is 0.802. The van der Waals surface area contributed by atoms with Crippen LogP contribution in [0.5, 0.6) is 0 Å². The molecule has 228 valence electrons. The lowest BCUT2D eigenvalue weighted by Crippen LogP contribution is -2.66. The van der Waals surface area contributed by atoms with Gasteiger partial charge in [0.05, 0.1) is 0 Å². The third-order valence-corrected chi connectivity index (χ3v) is 12.4. The molecule has 3 aromatic carbocycles. The Morgan fingerprint density at radius 2 is 1.40 bits per heavy atom. The summed E-state index contributed by atoms with van der Waals surface area (Å²) in [6.07, 6.45) is 1.37. The lowest BCUT2D eigenvalue weighted by Gasteiger charge is -2.43. The van der Waals surface area contributed by atoms with Gasteiger partial charge in [-0.2, -0.15) is 0 Å². The minimum Gasteiger partial charge on any atom is -0.444 e. The van der Waals surface area contributed by atoms with Crippen LogP contribution >= 0.6 is 0 Å². The van der Waals surface area contributed by atoms with Gasteiger partial charge in [0, 0.05) is 19.4 Å². The van der Waals surface area contributed by atoms with Gasteiger partial charge in [-0.1, -0.05) is 113 Å². The van der Waals surface area contributed by atoms with Gasteiger partial charge in [-0.05, 0) is 53.7 Å². The van der Waals surface area contributed by atoms with Crippen molar-refractivity contribution in [3.63, 3.8) is 0 Å². The molecular formula is C35H45N3O4Si. The number of carbonyl (C=O) groups is 1. The summed E-state index contributed by atoms with van der Waals surface area (Å²) in [5.41, 5.74) is 1.67. The van der Waals surface area contributed by atoms with Gasteiger partial charge in [0.25, 0.3) is 8.32 Å². The first-order valence-electron chi connectivity index (χ1n) is 15.1. The molecule has 0 saturated heterocycles. The standard InChI is InChI=1S/C35H45N3O4Si/c1-8-26-19-21-27(22-20-26)25-30(36-33(39)42-34(2,3)4)32-38-37-31(41-32)23-24-40-43(35(5,6)7,28-15-11-9-12-16-28)29-17-13-10-14-18-29/h9-22,30H,8,23-25H2,1-7H3,(H,36,39). The molecule has 0 fully saturated rings. The van der Waals surface area contributed by atoms with Crippen LogP contribution in [0.25, 0.3) is 0 Å². The fourth-order valence-corrected chi connectivity index (χ4v) is 9.92. The highest BCUT2D eigenvalue weighted by molar-refractivity contribution is 6.99. The largest absolute Gasteiger partial charge is 0.444 e. The Labute approximate surface area is 257 Å². The van der Waals surface area contributed by atoms with E-state index < -0.39 is 26.1 Å². The van der Waals surface area contributed by atoms with Crippen molar-refractivity contribution in [3.05, 3.63) is 108 Å². The van der Waals surface area contributed by atoms with Crippen LogP contribution in [-0.4, -0.2) is 36.8 Å². The maximum atomic E-state index is 12.7. The lowest BCUT2D eigenvalue weighted by atomic mass is 10.0. The Morgan fingerprint density at radius 3 is 1.91 bits per heavy atom. The molecule has 0 aliphatic rings. The van der Waals surface area contributed by atoms with E-state index in [1.54, 1.807) is 0 Å². The van der Waals surface area contributed by atoms with Crippen molar-refractivity contribution < 1.29 is 18.4 Å². The summed E-state index contributed by atoms with van der Waals surface area (Å²) in [6.45, 7) is 14.8. The Kier molecular flexibility index (Phi) is 10.2. The lowest BCUT2D eigenvalue weighted by molar-refractivity contribution is 0.0495. The first kappa shape index (κ1) is 32.2. The molecule has 0 aliphatic heterocycles. The summed E-state index contributed by atoms with van der Waals surface area (Å²) in [4.78, 5) is 12.7. The van der Waals surface area contributed by atoms with E-state index in [9.17, 15) is 4.79 Å². The fourth-order valence-electron chi connectivity index (χ4n) is 5.36. The normalized spacial score (nSPS) is 13.0. The van der Waals surface area contributed by atoms with Crippen LogP contribution in [0.1, 0.15) is 77.4 Å². The number of hydrogen-bond donors (Lipinski definition) is 1. The number of ether oxygens (including phenoxy) is 1. The Morgan fingerprint density at radius 1 is 0.837 bits per heavy atom. The third kappa shape index (κ3) is 8.21. The molecule has 0 saturated carbocycles. The van der Waals surface area contributed by atoms with E-state index in [4.69, 9.17) is 13.6 Å². The highest BCUT2D eigenvalue weighted by atomic mass is 28.4. The summed E-state index contributed by atoms with van der Waals surface area (Å²) in [7, 11) is -2.69. The Bertz CT molecular complexity index is 1400. The molecule has 0 aliphatic carbocycles. The zero-order chi connectivity index (χ0) is 31.1. The molecule has 0 spiro atoms. The summed E-state index contributed by atoms with van der Waals surface area (Å²) >= 11 is 0. The van der Waals surface area contributed by atoms with E-state index in [1.807, 2.05) is 32.9 Å². The molecule has 43 heavy (non-hydrogen) atoms. The van der Waals surface area contributed by atoms with Gasteiger partial charge in [0.15, 0.2) is 0 Å². The molecule has 0 bridgehead atoms. The number of rotatable bonds is 11. The zero-order valence-corrected chi connectivity index (χ0v) is 27.5. The fraction of sp³-hybridized carbons (Fsp3) is 0.400. The number of nitrogens with one attached hydrogen (secondary N) is 1. The topological polar surface area (TPSA) is 86.5 Å². The molecule has 4 rings (SSSR count). The number of carbonyl (C=O) groups excluding carboxylic acids is 1. The number of aryl methyl sites for hydroxylation is 1. The van der Waals surface area contributed by atoms with Crippen LogP contribution in [-0.2, 0) is 28.4 Å². The maximum Gasteiger partial charge on any atom is 0.408 e. The van der Waals surface area contributed by atoms with Crippen molar-refractivity contribution in [2.45, 2.75) is 84.4 Å². The molecule has 1 heterocycles. The molecule has 1 aromatic heterocycles. The number of hydrogen-bond acceptors (Lipinski definition) is 6. The smallest absolute Gasteiger partial charge is 0.408 e. The highest BCUT2D eigenvalue weighted by Crippen LogP contribution is 2.36. The van der Waals surface area contributed by atoms with Crippen molar-refractivity contribution in [1.82, 2.24) is 15.5 Å². The van der Waals surface area contributed by atoms with E-state index in [0.717, 1.165) is 12.0 Å². The molecule has 8 heteroatoms. The van der Waals surface area contributed by atoms with Crippen molar-refractivity contribution in [1.29, 1.82) is 0 Å². The van der Waals surface area contributed by atoms with Crippen molar-refractivity contribution in [3.8, 4) is 0 Å². The quantitative estimate of drug-likeness (QED) is 0.197. The zero-order valence-electron chi connectivity index (χ0n) is 26.5. The summed E-state index contributed by atoms with van der Waals surface area (Å²) in [6, 6.07) is 28.9. The highest BCUT2D eigenvalue weighted by Gasteiger charge is 2.50. The van der Waals surface area contributed by atoms with Gasteiger partial charge in [0.2, 0.25) is 11.8 Å². The first-order valence-corrected chi connectivity index (χ1v) is 17.0. The molecule has 1 unspecified atom stereocenters. The second-order valence-electron chi connectivity index (χ2n) is 12.9. The Hall–Kier alpha value is -3.75. The van der Waals surface area contributed by atoms with Crippen LogP contribution in [0, 0.1) is 0 Å². The Balaban J connectivity index is 1.55. The predicted molar refractivity (Wildman–Crippen MR) is 173 cm³/mol. The van der Waals surface area contributed by atoms with Crippen molar-refractivity contribution in [2.75, 3.05) is 6.61 Å². The predicted octanol–water partition coefficient (Wildman–Crippen LogP) is 6.56. The monoisotopic (exact) mass is 599 g/mol. The molecule has 1 N–H and O–H groups in total. The van der Waals surface area contributed by atoms with Crippen molar-refractivity contribution in [2.24, 2.45) is 0 Å². The van der Waals surface area contributed by atoms with Crippen LogP contribution in [0.3, 0.4) is 0 Å². The minimum atomic E-state index is -2.69. The van der Waals surface area contributed by atoms with E-state index >= 15 is 0 Å². The summed E-state index contributed by atoms with van der Waals surface area (Å²) < 4.78 is 18.7. The number of benzene rings is 3. The second-order valence-corrected chi connectivity index (χ2v) is 17.2. The molecular weight excluding hydrogens is 554 g/mol. The van der Waals surface area contributed by atoms with Crippen LogP contribution in [0.4, 0.5) is 4.79 Å². The summed E-state index contributed by atoms with van der Waals surface area (Å²) in [5, 5.41) is 13.9. The minimum absolute atomic E-state index is 0.133. The van der Waals surface area contributed by atoms with E-state index in [-0.39, 0.29) is 5.04 Å². The van der Waals surface area contributed by atoms with Gasteiger partial charge in [-0.15, -0.1) is 10.2 Å². The number of alkyl carbamates (subject to hydrolysis) is 1. The van der Waals surface area contributed by atoms with Gasteiger partial charge >= 0.3 is 6.09 Å². The first-order chi connectivity index (χ1) is 20.4. The van der Waals surface area contributed by atoms with Gasteiger partial charge in [-0.25, -0.2) is 4.79 Å². The van der Waals surface area contributed by atoms with E-state index in [2.05, 4.69) is 116 Å².